The number of rotatable bonds is 6. The van der Waals surface area contributed by atoms with Crippen molar-refractivity contribution < 1.29 is 19.4 Å². The van der Waals surface area contributed by atoms with Gasteiger partial charge in [0.15, 0.2) is 0 Å². The van der Waals surface area contributed by atoms with Gasteiger partial charge < -0.3 is 19.6 Å². The lowest BCUT2D eigenvalue weighted by Crippen LogP contribution is -2.51. The van der Waals surface area contributed by atoms with E-state index in [4.69, 9.17) is 9.84 Å². The molecule has 2 heterocycles. The number of aryl methyl sites for hydroxylation is 1. The van der Waals surface area contributed by atoms with Crippen LogP contribution in [0.4, 0.5) is 5.69 Å². The van der Waals surface area contributed by atoms with Crippen LogP contribution in [0.2, 0.25) is 0 Å². The average Bonchev–Trinajstić information content (AvgIpc) is 2.66. The van der Waals surface area contributed by atoms with Crippen LogP contribution in [-0.4, -0.2) is 85.3 Å². The van der Waals surface area contributed by atoms with Crippen LogP contribution in [0.1, 0.15) is 18.4 Å². The van der Waals surface area contributed by atoms with Crippen LogP contribution in [0.5, 0.6) is 0 Å². The minimum Gasteiger partial charge on any atom is -0.481 e. The summed E-state index contributed by atoms with van der Waals surface area (Å²) in [6.07, 6.45) is 0.376. The van der Waals surface area contributed by atoms with Gasteiger partial charge in [0.25, 0.3) is 0 Å². The first-order valence-corrected chi connectivity index (χ1v) is 9.66. The molecule has 2 aliphatic rings. The van der Waals surface area contributed by atoms with Crippen LogP contribution >= 0.6 is 0 Å². The van der Waals surface area contributed by atoms with Gasteiger partial charge in [-0.15, -0.1) is 0 Å². The van der Waals surface area contributed by atoms with Crippen molar-refractivity contribution in [1.29, 1.82) is 0 Å². The molecule has 2 saturated heterocycles. The van der Waals surface area contributed by atoms with Gasteiger partial charge >= 0.3 is 5.97 Å². The predicted molar refractivity (Wildman–Crippen MR) is 103 cm³/mol. The Hall–Kier alpha value is -2.12. The number of amides is 1. The van der Waals surface area contributed by atoms with Crippen LogP contribution in [0, 0.1) is 6.92 Å². The van der Waals surface area contributed by atoms with Crippen molar-refractivity contribution in [1.82, 2.24) is 9.80 Å². The Bertz CT molecular complexity index is 658. The number of hydrogen-bond donors (Lipinski definition) is 1. The van der Waals surface area contributed by atoms with Crippen molar-refractivity contribution in [3.05, 3.63) is 29.8 Å². The summed E-state index contributed by atoms with van der Waals surface area (Å²) in [6.45, 7) is 7.88. The van der Waals surface area contributed by atoms with Gasteiger partial charge in [0.2, 0.25) is 5.91 Å². The van der Waals surface area contributed by atoms with E-state index in [1.165, 1.54) is 11.3 Å². The number of piperazine rings is 1. The Labute approximate surface area is 160 Å². The summed E-state index contributed by atoms with van der Waals surface area (Å²) in [7, 11) is 0. The predicted octanol–water partition coefficient (Wildman–Crippen LogP) is 1.21. The lowest BCUT2D eigenvalue weighted by molar-refractivity contribution is -0.146. The van der Waals surface area contributed by atoms with Crippen LogP contribution in [0.3, 0.4) is 0 Å². The monoisotopic (exact) mass is 375 g/mol. The highest BCUT2D eigenvalue weighted by molar-refractivity contribution is 5.78. The topological polar surface area (TPSA) is 73.3 Å². The van der Waals surface area contributed by atoms with E-state index in [1.54, 1.807) is 4.90 Å². The summed E-state index contributed by atoms with van der Waals surface area (Å²) in [5, 5.41) is 9.03. The molecule has 7 nitrogen and oxygen atoms in total. The normalized spacial score (nSPS) is 21.3. The van der Waals surface area contributed by atoms with Crippen molar-refractivity contribution in [3.63, 3.8) is 0 Å². The van der Waals surface area contributed by atoms with E-state index < -0.39 is 5.97 Å². The van der Waals surface area contributed by atoms with Crippen LogP contribution < -0.4 is 4.90 Å². The number of carbonyl (C=O) groups is 2. The number of anilines is 1. The van der Waals surface area contributed by atoms with Crippen LogP contribution in [0.15, 0.2) is 24.3 Å². The quantitative estimate of drug-likeness (QED) is 0.806. The molecule has 2 fully saturated rings. The Morgan fingerprint density at radius 2 is 1.96 bits per heavy atom. The fraction of sp³-hybridized carbons (Fsp3) is 0.600. The smallest absolute Gasteiger partial charge is 0.305 e. The first kappa shape index (κ1) is 19.6. The molecule has 148 valence electrons. The molecule has 1 amide bonds. The molecule has 2 aliphatic heterocycles. The molecule has 0 aromatic heterocycles. The molecule has 1 aromatic rings. The molecular formula is C20H29N3O4. The lowest BCUT2D eigenvalue weighted by Gasteiger charge is -2.37. The fourth-order valence-corrected chi connectivity index (χ4v) is 3.81. The number of ether oxygens (including phenoxy) is 1. The summed E-state index contributed by atoms with van der Waals surface area (Å²) in [4.78, 5) is 30.0. The Morgan fingerprint density at radius 3 is 2.67 bits per heavy atom. The number of aliphatic carboxylic acids is 1. The minimum absolute atomic E-state index is 0.0330. The maximum absolute atomic E-state index is 12.6. The van der Waals surface area contributed by atoms with Crippen molar-refractivity contribution in [2.45, 2.75) is 25.8 Å². The minimum atomic E-state index is -0.893. The van der Waals surface area contributed by atoms with E-state index >= 15 is 0 Å². The van der Waals surface area contributed by atoms with Crippen molar-refractivity contribution in [2.75, 3.05) is 57.4 Å². The van der Waals surface area contributed by atoms with E-state index in [9.17, 15) is 9.59 Å². The maximum atomic E-state index is 12.6. The standard InChI is InChI=1S/C20H29N3O4/c1-16-3-2-4-17(13-16)22-9-7-21(8-10-22)6-5-19(24)23-11-12-27-15-18(23)14-20(25)26/h2-4,13,18H,5-12,14-15H2,1H3,(H,25,26)/t18-/m0/s1. The second-order valence-electron chi connectivity index (χ2n) is 7.33. The molecule has 3 rings (SSSR count). The highest BCUT2D eigenvalue weighted by Crippen LogP contribution is 2.18. The molecule has 27 heavy (non-hydrogen) atoms. The van der Waals surface area contributed by atoms with Gasteiger partial charge in [-0.2, -0.15) is 0 Å². The Kier molecular flexibility index (Phi) is 6.68. The SMILES string of the molecule is Cc1cccc(N2CCN(CCC(=O)N3CCOC[C@@H]3CC(=O)O)CC2)c1. The summed E-state index contributed by atoms with van der Waals surface area (Å²) >= 11 is 0. The molecule has 1 N–H and O–H groups in total. The highest BCUT2D eigenvalue weighted by Gasteiger charge is 2.29. The molecule has 0 unspecified atom stereocenters. The molecule has 0 spiro atoms. The van der Waals surface area contributed by atoms with Gasteiger partial charge in [-0.05, 0) is 24.6 Å². The van der Waals surface area contributed by atoms with Crippen molar-refractivity contribution >= 4 is 17.6 Å². The first-order valence-electron chi connectivity index (χ1n) is 9.66. The van der Waals surface area contributed by atoms with Gasteiger partial charge in [-0.1, -0.05) is 12.1 Å². The fourth-order valence-electron chi connectivity index (χ4n) is 3.81. The summed E-state index contributed by atoms with van der Waals surface area (Å²) in [6, 6.07) is 8.20. The molecule has 0 bridgehead atoms. The zero-order valence-corrected chi connectivity index (χ0v) is 16.0. The summed E-state index contributed by atoms with van der Waals surface area (Å²) < 4.78 is 5.35. The zero-order chi connectivity index (χ0) is 19.2. The molecule has 0 aliphatic carbocycles. The third-order valence-electron chi connectivity index (χ3n) is 5.34. The maximum Gasteiger partial charge on any atom is 0.305 e. The largest absolute Gasteiger partial charge is 0.481 e. The van der Waals surface area contributed by atoms with E-state index in [1.807, 2.05) is 0 Å². The van der Waals surface area contributed by atoms with Gasteiger partial charge in [-0.25, -0.2) is 0 Å². The number of hydrogen-bond acceptors (Lipinski definition) is 5. The molecular weight excluding hydrogens is 346 g/mol. The van der Waals surface area contributed by atoms with Gasteiger partial charge in [-0.3, -0.25) is 14.5 Å². The Morgan fingerprint density at radius 1 is 1.19 bits per heavy atom. The number of carboxylic acids is 1. The average molecular weight is 375 g/mol. The number of morpholine rings is 1. The number of carbonyl (C=O) groups excluding carboxylic acids is 1. The molecule has 1 atom stereocenters. The van der Waals surface area contributed by atoms with Crippen LogP contribution in [0.25, 0.3) is 0 Å². The second-order valence-corrected chi connectivity index (χ2v) is 7.33. The van der Waals surface area contributed by atoms with Crippen molar-refractivity contribution in [2.24, 2.45) is 0 Å². The van der Waals surface area contributed by atoms with Gasteiger partial charge in [0.05, 0.1) is 25.7 Å². The first-order chi connectivity index (χ1) is 13.0. The van der Waals surface area contributed by atoms with E-state index in [-0.39, 0.29) is 18.4 Å². The molecule has 1 aromatic carbocycles. The number of benzene rings is 1. The third-order valence-corrected chi connectivity index (χ3v) is 5.34. The lowest BCUT2D eigenvalue weighted by atomic mass is 10.1. The third kappa shape index (κ3) is 5.43. The van der Waals surface area contributed by atoms with E-state index in [0.717, 1.165) is 32.7 Å². The number of nitrogens with zero attached hydrogens (tertiary/aromatic N) is 3. The summed E-state index contributed by atoms with van der Waals surface area (Å²) in [5.74, 6) is -0.860. The van der Waals surface area contributed by atoms with E-state index in [2.05, 4.69) is 41.0 Å². The summed E-state index contributed by atoms with van der Waals surface area (Å²) in [5.41, 5.74) is 2.53. The second kappa shape index (κ2) is 9.19. The zero-order valence-electron chi connectivity index (χ0n) is 16.0. The Balaban J connectivity index is 1.45. The molecule has 0 saturated carbocycles. The molecule has 0 radical (unpaired) electrons. The van der Waals surface area contributed by atoms with E-state index in [0.29, 0.717) is 26.2 Å². The molecule has 7 heteroatoms. The van der Waals surface area contributed by atoms with Crippen LogP contribution in [-0.2, 0) is 14.3 Å². The number of carboxylic acid groups (broad SMARTS) is 1. The van der Waals surface area contributed by atoms with Gasteiger partial charge in [0, 0.05) is 51.4 Å². The van der Waals surface area contributed by atoms with Crippen molar-refractivity contribution in [3.8, 4) is 0 Å². The van der Waals surface area contributed by atoms with Gasteiger partial charge in [0.1, 0.15) is 0 Å². The highest BCUT2D eigenvalue weighted by atomic mass is 16.5.